The van der Waals surface area contributed by atoms with Crippen LogP contribution >= 0.6 is 11.6 Å². The Labute approximate surface area is 225 Å². The molecule has 1 heterocycles. The van der Waals surface area contributed by atoms with Crippen molar-refractivity contribution in [1.82, 2.24) is 4.90 Å². The molecular formula is C27H30ClN3O7. The summed E-state index contributed by atoms with van der Waals surface area (Å²) in [6, 6.07) is 9.10. The van der Waals surface area contributed by atoms with Crippen molar-refractivity contribution >= 4 is 52.4 Å². The summed E-state index contributed by atoms with van der Waals surface area (Å²) in [5.74, 6) is -4.02. The average Bonchev–Trinajstić information content (AvgIpc) is 3.01. The van der Waals surface area contributed by atoms with Crippen LogP contribution in [-0.4, -0.2) is 53.1 Å². The Morgan fingerprint density at radius 1 is 1.21 bits per heavy atom. The number of nitrogens with one attached hydrogen (secondary N) is 1. The lowest BCUT2D eigenvalue weighted by Crippen LogP contribution is -2.43. The third-order valence-electron chi connectivity index (χ3n) is 6.57. The number of halogens is 1. The van der Waals surface area contributed by atoms with E-state index in [4.69, 9.17) is 22.1 Å². The first-order valence-electron chi connectivity index (χ1n) is 12.2. The monoisotopic (exact) mass is 543 g/mol. The van der Waals surface area contributed by atoms with Crippen molar-refractivity contribution in [2.75, 3.05) is 24.7 Å². The zero-order chi connectivity index (χ0) is 28.0. The minimum atomic E-state index is -1.24. The topological polar surface area (TPSA) is 156 Å². The molecule has 0 spiro atoms. The molecular weight excluding hydrogens is 514 g/mol. The highest BCUT2D eigenvalue weighted by Crippen LogP contribution is 2.29. The predicted octanol–water partition coefficient (Wildman–Crippen LogP) is 3.56. The van der Waals surface area contributed by atoms with E-state index in [0.717, 1.165) is 4.90 Å². The van der Waals surface area contributed by atoms with Crippen LogP contribution < -0.4 is 15.8 Å². The average molecular weight is 544 g/mol. The molecule has 202 valence electrons. The Bertz CT molecular complexity index is 1260. The quantitative estimate of drug-likeness (QED) is 0.405. The molecule has 11 heteroatoms. The van der Waals surface area contributed by atoms with Crippen LogP contribution in [0.1, 0.15) is 48.5 Å². The molecule has 0 saturated carbocycles. The van der Waals surface area contributed by atoms with Crippen molar-refractivity contribution in [2.45, 2.75) is 39.0 Å². The fraction of sp³-hybridized carbons (Fsp3) is 0.370. The minimum absolute atomic E-state index is 0.0482. The van der Waals surface area contributed by atoms with Crippen LogP contribution in [0.2, 0.25) is 5.02 Å². The van der Waals surface area contributed by atoms with E-state index < -0.39 is 35.5 Å². The van der Waals surface area contributed by atoms with Gasteiger partial charge in [-0.05, 0) is 61.2 Å². The van der Waals surface area contributed by atoms with Crippen molar-refractivity contribution in [2.24, 2.45) is 11.8 Å². The molecule has 2 aromatic rings. The number of ketones is 1. The zero-order valence-electron chi connectivity index (χ0n) is 21.2. The number of anilines is 2. The van der Waals surface area contributed by atoms with Crippen LogP contribution in [0.3, 0.4) is 0 Å². The second-order valence-electron chi connectivity index (χ2n) is 9.16. The first-order valence-corrected chi connectivity index (χ1v) is 12.5. The minimum Gasteiger partial charge on any atom is -0.496 e. The van der Waals surface area contributed by atoms with Gasteiger partial charge in [-0.25, -0.2) is 4.79 Å². The Hall–Kier alpha value is -3.92. The lowest BCUT2D eigenvalue weighted by atomic mass is 9.93. The molecule has 1 aliphatic heterocycles. The Kier molecular flexibility index (Phi) is 9.46. The maximum absolute atomic E-state index is 13.4. The zero-order valence-corrected chi connectivity index (χ0v) is 21.9. The first kappa shape index (κ1) is 28.6. The van der Waals surface area contributed by atoms with Gasteiger partial charge in [0.15, 0.2) is 5.78 Å². The molecule has 3 amide bonds. The molecule has 0 radical (unpaired) electrons. The summed E-state index contributed by atoms with van der Waals surface area (Å²) in [5.41, 5.74) is 6.45. The van der Waals surface area contributed by atoms with E-state index in [1.165, 1.54) is 25.3 Å². The second-order valence-corrected chi connectivity index (χ2v) is 9.59. The smallest absolute Gasteiger partial charge is 0.337 e. The first-order chi connectivity index (χ1) is 18.0. The summed E-state index contributed by atoms with van der Waals surface area (Å²) in [4.78, 5) is 64.2. The van der Waals surface area contributed by atoms with Crippen molar-refractivity contribution in [3.63, 3.8) is 0 Å². The number of aromatic carboxylic acids is 1. The third-order valence-corrected chi connectivity index (χ3v) is 6.80. The summed E-state index contributed by atoms with van der Waals surface area (Å²) in [6.07, 6.45) is 0.634. The maximum atomic E-state index is 13.4. The molecule has 0 aromatic heterocycles. The lowest BCUT2D eigenvalue weighted by molar-refractivity contribution is -0.149. The molecule has 4 N–H and O–H groups in total. The number of benzene rings is 2. The number of ether oxygens (including phenoxy) is 1. The highest BCUT2D eigenvalue weighted by molar-refractivity contribution is 6.30. The van der Waals surface area contributed by atoms with Gasteiger partial charge in [-0.15, -0.1) is 0 Å². The van der Waals surface area contributed by atoms with E-state index in [0.29, 0.717) is 16.3 Å². The number of Topliss-reactive ketones (excluding diaryl/α,β-unsaturated/α-hetero) is 1. The van der Waals surface area contributed by atoms with Crippen molar-refractivity contribution in [3.8, 4) is 5.75 Å². The molecule has 1 unspecified atom stereocenters. The number of amides is 3. The number of nitrogens with two attached hydrogens (primary N) is 1. The number of carbonyl (C=O) groups excluding carboxylic acids is 4. The molecule has 10 nitrogen and oxygen atoms in total. The van der Waals surface area contributed by atoms with Gasteiger partial charge in [-0.3, -0.25) is 24.1 Å². The second kappa shape index (κ2) is 12.6. The number of rotatable bonds is 9. The summed E-state index contributed by atoms with van der Waals surface area (Å²) < 4.78 is 5.37. The van der Waals surface area contributed by atoms with Crippen LogP contribution in [0.15, 0.2) is 36.4 Å². The number of imide groups is 1. The maximum Gasteiger partial charge on any atom is 0.337 e. The van der Waals surface area contributed by atoms with Gasteiger partial charge in [0.1, 0.15) is 5.75 Å². The number of hydrogen-bond donors (Lipinski definition) is 3. The SMILES string of the molecule is CC[C@@H](CC(=O)N1CC(=O)CCC(Cc2cc(Cl)ccc2OC)C1=O)C(=O)Nc1ccc(N)c(C(=O)O)c1. The number of methoxy groups -OCH3 is 1. The van der Waals surface area contributed by atoms with E-state index in [1.54, 1.807) is 25.1 Å². The van der Waals surface area contributed by atoms with E-state index in [1.807, 2.05) is 0 Å². The predicted molar refractivity (Wildman–Crippen MR) is 141 cm³/mol. The Morgan fingerprint density at radius 3 is 2.61 bits per heavy atom. The van der Waals surface area contributed by atoms with E-state index >= 15 is 0 Å². The Balaban J connectivity index is 1.75. The summed E-state index contributed by atoms with van der Waals surface area (Å²) in [7, 11) is 1.50. The molecule has 1 aliphatic rings. The number of hydrogen-bond acceptors (Lipinski definition) is 7. The van der Waals surface area contributed by atoms with E-state index in [9.17, 15) is 29.1 Å². The van der Waals surface area contributed by atoms with Crippen molar-refractivity contribution in [3.05, 3.63) is 52.5 Å². The molecule has 2 aromatic carbocycles. The number of carboxylic acid groups (broad SMARTS) is 1. The normalized spacial score (nSPS) is 16.5. The molecule has 0 bridgehead atoms. The molecule has 1 saturated heterocycles. The highest BCUT2D eigenvalue weighted by Gasteiger charge is 2.35. The molecule has 2 atom stereocenters. The van der Waals surface area contributed by atoms with Gasteiger partial charge in [0.25, 0.3) is 0 Å². The summed E-state index contributed by atoms with van der Waals surface area (Å²) in [6.45, 7) is 1.37. The van der Waals surface area contributed by atoms with Crippen LogP contribution in [-0.2, 0) is 25.6 Å². The number of likely N-dealkylation sites (tertiary alicyclic amines) is 1. The van der Waals surface area contributed by atoms with Gasteiger partial charge in [0, 0.05) is 41.1 Å². The number of carbonyl (C=O) groups is 5. The molecule has 0 aliphatic carbocycles. The standard InChI is InChI=1S/C27H30ClN3O7/c1-3-15(25(34)30-19-6-8-22(29)21(13-19)27(36)37)12-24(33)31-14-20(32)7-4-16(26(31)35)10-17-11-18(28)5-9-23(17)38-2/h5-6,8-9,11,13,15-16H,3-4,7,10,12,14,29H2,1-2H3,(H,30,34)(H,36,37)/t15-,16?/m0/s1. The third kappa shape index (κ3) is 6.89. The van der Waals surface area contributed by atoms with E-state index in [-0.39, 0.29) is 61.4 Å². The lowest BCUT2D eigenvalue weighted by Gasteiger charge is -2.24. The van der Waals surface area contributed by atoms with Crippen molar-refractivity contribution < 1.29 is 33.8 Å². The fourth-order valence-electron chi connectivity index (χ4n) is 4.39. The van der Waals surface area contributed by atoms with Gasteiger partial charge in [0.2, 0.25) is 17.7 Å². The van der Waals surface area contributed by atoms with Crippen LogP contribution in [0.4, 0.5) is 11.4 Å². The van der Waals surface area contributed by atoms with Gasteiger partial charge < -0.3 is 20.9 Å². The molecule has 1 fully saturated rings. The van der Waals surface area contributed by atoms with Crippen LogP contribution in [0.25, 0.3) is 0 Å². The highest BCUT2D eigenvalue weighted by atomic mass is 35.5. The number of carboxylic acids is 1. The van der Waals surface area contributed by atoms with Gasteiger partial charge >= 0.3 is 5.97 Å². The van der Waals surface area contributed by atoms with Crippen molar-refractivity contribution in [1.29, 1.82) is 0 Å². The molecule has 3 rings (SSSR count). The number of nitrogen functional groups attached to an aromatic ring is 1. The van der Waals surface area contributed by atoms with Crippen LogP contribution in [0.5, 0.6) is 5.75 Å². The summed E-state index contributed by atoms with van der Waals surface area (Å²) >= 11 is 6.12. The van der Waals surface area contributed by atoms with Crippen LogP contribution in [0, 0.1) is 11.8 Å². The van der Waals surface area contributed by atoms with E-state index in [2.05, 4.69) is 5.32 Å². The van der Waals surface area contributed by atoms with Gasteiger partial charge in [0.05, 0.1) is 19.2 Å². The fourth-order valence-corrected chi connectivity index (χ4v) is 4.59. The van der Waals surface area contributed by atoms with Gasteiger partial charge in [-0.1, -0.05) is 18.5 Å². The number of nitrogens with zero attached hydrogens (tertiary/aromatic N) is 1. The summed E-state index contributed by atoms with van der Waals surface area (Å²) in [5, 5.41) is 12.3. The largest absolute Gasteiger partial charge is 0.496 e. The molecule has 38 heavy (non-hydrogen) atoms. The van der Waals surface area contributed by atoms with Gasteiger partial charge in [-0.2, -0.15) is 0 Å². The Morgan fingerprint density at radius 2 is 1.95 bits per heavy atom.